The van der Waals surface area contributed by atoms with E-state index >= 15 is 0 Å². The summed E-state index contributed by atoms with van der Waals surface area (Å²) in [5, 5.41) is 5.86. The Morgan fingerprint density at radius 1 is 1.12 bits per heavy atom. The first-order valence-electron chi connectivity index (χ1n) is 7.65. The number of nitrogens with one attached hydrogen (secondary N) is 2. The fourth-order valence-corrected chi connectivity index (χ4v) is 2.13. The van der Waals surface area contributed by atoms with Crippen LogP contribution in [0.25, 0.3) is 0 Å². The molecule has 2 aromatic heterocycles. The molecule has 0 saturated heterocycles. The number of benzene rings is 1. The molecule has 0 unspecified atom stereocenters. The van der Waals surface area contributed by atoms with Crippen molar-refractivity contribution in [1.29, 1.82) is 0 Å². The molecule has 1 aromatic carbocycles. The van der Waals surface area contributed by atoms with Crippen molar-refractivity contribution in [2.45, 2.75) is 6.54 Å². The van der Waals surface area contributed by atoms with Crippen LogP contribution in [0.1, 0.15) is 15.9 Å². The molecule has 7 heteroatoms. The number of ether oxygens (including phenoxy) is 1. The van der Waals surface area contributed by atoms with Gasteiger partial charge in [0, 0.05) is 43.1 Å². The van der Waals surface area contributed by atoms with E-state index in [0.29, 0.717) is 18.1 Å². The molecule has 1 amide bonds. The van der Waals surface area contributed by atoms with Crippen LogP contribution in [0.4, 0.5) is 11.6 Å². The molecule has 3 aromatic rings. The summed E-state index contributed by atoms with van der Waals surface area (Å²) in [5.41, 5.74) is 2.11. The van der Waals surface area contributed by atoms with Crippen LogP contribution >= 0.6 is 0 Å². The Morgan fingerprint density at radius 3 is 2.68 bits per heavy atom. The largest absolute Gasteiger partial charge is 0.497 e. The van der Waals surface area contributed by atoms with Gasteiger partial charge in [0.1, 0.15) is 5.75 Å². The van der Waals surface area contributed by atoms with Crippen molar-refractivity contribution in [1.82, 2.24) is 20.3 Å². The second-order valence-electron chi connectivity index (χ2n) is 5.20. The van der Waals surface area contributed by atoms with Gasteiger partial charge < -0.3 is 15.4 Å². The summed E-state index contributed by atoms with van der Waals surface area (Å²) in [7, 11) is 1.61. The fourth-order valence-electron chi connectivity index (χ4n) is 2.13. The van der Waals surface area contributed by atoms with Gasteiger partial charge in [0.2, 0.25) is 5.95 Å². The second-order valence-corrected chi connectivity index (χ2v) is 5.20. The molecule has 25 heavy (non-hydrogen) atoms. The van der Waals surface area contributed by atoms with Gasteiger partial charge in [0.25, 0.3) is 5.91 Å². The summed E-state index contributed by atoms with van der Waals surface area (Å²) in [6, 6.07) is 11.1. The lowest BCUT2D eigenvalue weighted by molar-refractivity contribution is 0.0950. The zero-order valence-electron chi connectivity index (χ0n) is 13.6. The molecule has 3 rings (SSSR count). The number of aromatic nitrogens is 3. The highest BCUT2D eigenvalue weighted by molar-refractivity contribution is 5.93. The summed E-state index contributed by atoms with van der Waals surface area (Å²) in [6.45, 7) is 0.399. The van der Waals surface area contributed by atoms with Gasteiger partial charge in [-0.1, -0.05) is 12.1 Å². The van der Waals surface area contributed by atoms with E-state index in [1.165, 1.54) is 12.4 Å². The summed E-state index contributed by atoms with van der Waals surface area (Å²) in [6.07, 6.45) is 6.35. The molecule has 7 nitrogen and oxygen atoms in total. The van der Waals surface area contributed by atoms with E-state index in [1.807, 2.05) is 36.4 Å². The SMILES string of the molecule is COc1cccc(Nc2ncc(C(=O)NCc3cccnc3)cn2)c1. The maximum Gasteiger partial charge on any atom is 0.254 e. The monoisotopic (exact) mass is 335 g/mol. The lowest BCUT2D eigenvalue weighted by Crippen LogP contribution is -2.23. The molecule has 0 aliphatic heterocycles. The predicted molar refractivity (Wildman–Crippen MR) is 93.7 cm³/mol. The number of hydrogen-bond donors (Lipinski definition) is 2. The first-order valence-corrected chi connectivity index (χ1v) is 7.65. The highest BCUT2D eigenvalue weighted by Gasteiger charge is 2.07. The Labute approximate surface area is 145 Å². The fraction of sp³-hybridized carbons (Fsp3) is 0.111. The molecule has 0 fully saturated rings. The van der Waals surface area contributed by atoms with Gasteiger partial charge in [-0.05, 0) is 23.8 Å². The van der Waals surface area contributed by atoms with Crippen molar-refractivity contribution in [3.8, 4) is 5.75 Å². The van der Waals surface area contributed by atoms with E-state index in [1.54, 1.807) is 19.5 Å². The maximum absolute atomic E-state index is 12.1. The van der Waals surface area contributed by atoms with E-state index in [-0.39, 0.29) is 5.91 Å². The van der Waals surface area contributed by atoms with Gasteiger partial charge in [-0.3, -0.25) is 9.78 Å². The van der Waals surface area contributed by atoms with Crippen molar-refractivity contribution in [3.63, 3.8) is 0 Å². The smallest absolute Gasteiger partial charge is 0.254 e. The summed E-state index contributed by atoms with van der Waals surface area (Å²) >= 11 is 0. The Bertz CT molecular complexity index is 838. The molecule has 2 N–H and O–H groups in total. The van der Waals surface area contributed by atoms with Gasteiger partial charge in [-0.25, -0.2) is 9.97 Å². The van der Waals surface area contributed by atoms with E-state index in [4.69, 9.17) is 4.74 Å². The van der Waals surface area contributed by atoms with Crippen molar-refractivity contribution < 1.29 is 9.53 Å². The molecule has 0 aliphatic rings. The average Bonchev–Trinajstić information content (AvgIpc) is 2.67. The van der Waals surface area contributed by atoms with Crippen LogP contribution in [0, 0.1) is 0 Å². The van der Waals surface area contributed by atoms with Crippen molar-refractivity contribution in [2.24, 2.45) is 0 Å². The number of methoxy groups -OCH3 is 1. The van der Waals surface area contributed by atoms with Crippen LogP contribution in [0.5, 0.6) is 5.75 Å². The van der Waals surface area contributed by atoms with Crippen molar-refractivity contribution in [2.75, 3.05) is 12.4 Å². The van der Waals surface area contributed by atoms with Gasteiger partial charge in [-0.2, -0.15) is 0 Å². The lowest BCUT2D eigenvalue weighted by Gasteiger charge is -2.08. The Balaban J connectivity index is 1.60. The number of carbonyl (C=O) groups is 1. The highest BCUT2D eigenvalue weighted by Crippen LogP contribution is 2.19. The summed E-state index contributed by atoms with van der Waals surface area (Å²) in [5.74, 6) is 0.894. The Morgan fingerprint density at radius 2 is 1.96 bits per heavy atom. The number of carbonyl (C=O) groups excluding carboxylic acids is 1. The number of hydrogen-bond acceptors (Lipinski definition) is 6. The van der Waals surface area contributed by atoms with E-state index in [9.17, 15) is 4.79 Å². The molecule has 0 bridgehead atoms. The van der Waals surface area contributed by atoms with Gasteiger partial charge in [0.15, 0.2) is 0 Å². The van der Waals surface area contributed by atoms with Crippen molar-refractivity contribution in [3.05, 3.63) is 72.3 Å². The number of anilines is 2. The third kappa shape index (κ3) is 4.51. The number of nitrogens with zero attached hydrogens (tertiary/aromatic N) is 3. The first-order chi connectivity index (χ1) is 12.2. The summed E-state index contributed by atoms with van der Waals surface area (Å²) in [4.78, 5) is 24.5. The molecule has 0 radical (unpaired) electrons. The number of rotatable bonds is 6. The minimum absolute atomic E-state index is 0.239. The van der Waals surface area contributed by atoms with Gasteiger partial charge >= 0.3 is 0 Å². The Kier molecular flexibility index (Phi) is 5.16. The molecule has 0 atom stereocenters. The molecule has 126 valence electrons. The minimum atomic E-state index is -0.239. The maximum atomic E-state index is 12.1. The number of pyridine rings is 1. The van der Waals surface area contributed by atoms with Crippen LogP contribution in [0.15, 0.2) is 61.2 Å². The molecular weight excluding hydrogens is 318 g/mol. The molecule has 0 spiro atoms. The van der Waals surface area contributed by atoms with Crippen LogP contribution in [-0.4, -0.2) is 28.0 Å². The van der Waals surface area contributed by atoms with Crippen LogP contribution in [0.3, 0.4) is 0 Å². The predicted octanol–water partition coefficient (Wildman–Crippen LogP) is 2.55. The van der Waals surface area contributed by atoms with Crippen LogP contribution in [0.2, 0.25) is 0 Å². The van der Waals surface area contributed by atoms with Gasteiger partial charge in [0.05, 0.1) is 12.7 Å². The van der Waals surface area contributed by atoms with E-state index in [0.717, 1.165) is 17.0 Å². The topological polar surface area (TPSA) is 89.0 Å². The molecule has 0 saturated carbocycles. The van der Waals surface area contributed by atoms with E-state index in [2.05, 4.69) is 25.6 Å². The van der Waals surface area contributed by atoms with Crippen LogP contribution < -0.4 is 15.4 Å². The lowest BCUT2D eigenvalue weighted by atomic mass is 10.2. The quantitative estimate of drug-likeness (QED) is 0.720. The molecular formula is C18H17N5O2. The first kappa shape index (κ1) is 16.4. The third-order valence-electron chi connectivity index (χ3n) is 3.42. The van der Waals surface area contributed by atoms with Crippen molar-refractivity contribution >= 4 is 17.5 Å². The summed E-state index contributed by atoms with van der Waals surface area (Å²) < 4.78 is 5.17. The zero-order chi connectivity index (χ0) is 17.5. The molecule has 2 heterocycles. The zero-order valence-corrected chi connectivity index (χ0v) is 13.6. The van der Waals surface area contributed by atoms with Crippen LogP contribution in [-0.2, 0) is 6.54 Å². The second kappa shape index (κ2) is 7.87. The Hall–Kier alpha value is -3.48. The highest BCUT2D eigenvalue weighted by atomic mass is 16.5. The minimum Gasteiger partial charge on any atom is -0.497 e. The normalized spacial score (nSPS) is 10.1. The standard InChI is InChI=1S/C18H17N5O2/c1-25-16-6-2-5-15(8-16)23-18-21-11-14(12-22-18)17(24)20-10-13-4-3-7-19-9-13/h2-9,11-12H,10H2,1H3,(H,20,24)(H,21,22,23). The molecule has 0 aliphatic carbocycles. The number of amides is 1. The third-order valence-corrected chi connectivity index (χ3v) is 3.42. The van der Waals surface area contributed by atoms with Gasteiger partial charge in [-0.15, -0.1) is 0 Å². The van der Waals surface area contributed by atoms with E-state index < -0.39 is 0 Å². The average molecular weight is 335 g/mol.